The molecule has 46 valence electrons. The molecule has 3 nitrogen and oxygen atoms in total. The Morgan fingerprint density at radius 3 is 2.50 bits per heavy atom. The van der Waals surface area contributed by atoms with Crippen molar-refractivity contribution in [3.05, 3.63) is 0 Å². The van der Waals surface area contributed by atoms with E-state index in [9.17, 15) is 4.79 Å². The second-order valence-corrected chi connectivity index (χ2v) is 2.00. The van der Waals surface area contributed by atoms with Crippen LogP contribution in [0, 0.1) is 0 Å². The number of carbonyl (C=O) groups excluding carboxylic acids is 1. The zero-order valence-electron chi connectivity index (χ0n) is 4.68. The number of epoxide rings is 1. The lowest BCUT2D eigenvalue weighted by Crippen LogP contribution is -2.25. The topological polar surface area (TPSA) is 49.8 Å². The first-order valence-corrected chi connectivity index (χ1v) is 2.47. The van der Waals surface area contributed by atoms with E-state index in [1.165, 1.54) is 6.92 Å². The average molecular weight is 116 g/mol. The highest BCUT2D eigenvalue weighted by Gasteiger charge is 2.48. The van der Waals surface area contributed by atoms with E-state index in [2.05, 4.69) is 0 Å². The van der Waals surface area contributed by atoms with Crippen molar-refractivity contribution in [3.8, 4) is 0 Å². The van der Waals surface area contributed by atoms with Crippen molar-refractivity contribution < 1.29 is 14.6 Å². The summed E-state index contributed by atoms with van der Waals surface area (Å²) in [5.41, 5.74) is -0.792. The molecule has 1 rings (SSSR count). The third kappa shape index (κ3) is 0.638. The third-order valence-electron chi connectivity index (χ3n) is 1.39. The van der Waals surface area contributed by atoms with Crippen molar-refractivity contribution >= 4 is 5.78 Å². The molecule has 0 aliphatic carbocycles. The lowest BCUT2D eigenvalue weighted by Gasteiger charge is -1.98. The van der Waals surface area contributed by atoms with E-state index in [0.717, 1.165) is 0 Å². The molecular formula is C5H8O3. The van der Waals surface area contributed by atoms with Crippen LogP contribution in [0.3, 0.4) is 0 Å². The van der Waals surface area contributed by atoms with Gasteiger partial charge in [-0.3, -0.25) is 4.79 Å². The summed E-state index contributed by atoms with van der Waals surface area (Å²) >= 11 is 0. The van der Waals surface area contributed by atoms with Crippen LogP contribution in [0.15, 0.2) is 0 Å². The molecule has 0 radical (unpaired) electrons. The Morgan fingerprint density at radius 2 is 2.50 bits per heavy atom. The van der Waals surface area contributed by atoms with Crippen molar-refractivity contribution in [1.82, 2.24) is 0 Å². The molecule has 3 heteroatoms. The highest BCUT2D eigenvalue weighted by atomic mass is 16.6. The van der Waals surface area contributed by atoms with Crippen LogP contribution in [0.4, 0.5) is 0 Å². The van der Waals surface area contributed by atoms with Crippen LogP contribution in [0.25, 0.3) is 0 Å². The molecule has 1 N–H and O–H groups in total. The largest absolute Gasteiger partial charge is 0.393 e. The number of carbonyl (C=O) groups is 1. The van der Waals surface area contributed by atoms with Gasteiger partial charge in [0.05, 0.1) is 13.2 Å². The molecule has 0 aromatic carbocycles. The molecule has 1 atom stereocenters. The Balaban J connectivity index is 2.53. The number of Topliss-reactive ketones (excluding diaryl/α,β-unsaturated/α-hetero) is 1. The Labute approximate surface area is 47.3 Å². The lowest BCUT2D eigenvalue weighted by atomic mass is 10.1. The smallest absolute Gasteiger partial charge is 0.172 e. The van der Waals surface area contributed by atoms with Crippen LogP contribution in [0.5, 0.6) is 0 Å². The molecule has 0 unspecified atom stereocenters. The van der Waals surface area contributed by atoms with Crippen molar-refractivity contribution in [2.45, 2.75) is 12.5 Å². The van der Waals surface area contributed by atoms with Crippen LogP contribution >= 0.6 is 0 Å². The van der Waals surface area contributed by atoms with E-state index >= 15 is 0 Å². The molecule has 1 fully saturated rings. The molecule has 0 saturated carbocycles. The van der Waals surface area contributed by atoms with Crippen LogP contribution < -0.4 is 0 Å². The van der Waals surface area contributed by atoms with E-state index in [-0.39, 0.29) is 12.4 Å². The summed E-state index contributed by atoms with van der Waals surface area (Å²) in [7, 11) is 0. The Hall–Kier alpha value is -0.410. The van der Waals surface area contributed by atoms with Gasteiger partial charge in [0, 0.05) is 0 Å². The molecule has 0 bridgehead atoms. The van der Waals surface area contributed by atoms with Crippen LogP contribution in [-0.2, 0) is 9.53 Å². The van der Waals surface area contributed by atoms with Gasteiger partial charge in [-0.15, -0.1) is 0 Å². The summed E-state index contributed by atoms with van der Waals surface area (Å²) in [5.74, 6) is -0.0833. The van der Waals surface area contributed by atoms with E-state index in [4.69, 9.17) is 9.84 Å². The zero-order valence-corrected chi connectivity index (χ0v) is 4.68. The maximum atomic E-state index is 10.5. The Bertz CT molecular complexity index is 115. The summed E-state index contributed by atoms with van der Waals surface area (Å²) < 4.78 is 4.71. The molecule has 1 saturated heterocycles. The standard InChI is InChI=1S/C5H8O3/c1-4(7)5(2-6)3-8-5/h6H,2-3H2,1H3/t5-/m0/s1. The second-order valence-electron chi connectivity index (χ2n) is 2.00. The first-order chi connectivity index (χ1) is 3.71. The van der Waals surface area contributed by atoms with Crippen LogP contribution in [0.2, 0.25) is 0 Å². The predicted molar refractivity (Wildman–Crippen MR) is 26.4 cm³/mol. The lowest BCUT2D eigenvalue weighted by molar-refractivity contribution is -0.123. The van der Waals surface area contributed by atoms with Gasteiger partial charge in [-0.25, -0.2) is 0 Å². The average Bonchev–Trinajstić information content (AvgIpc) is 2.44. The zero-order chi connectivity index (χ0) is 6.20. The minimum atomic E-state index is -0.792. The van der Waals surface area contributed by atoms with Gasteiger partial charge in [-0.2, -0.15) is 0 Å². The van der Waals surface area contributed by atoms with Crippen LogP contribution in [-0.4, -0.2) is 29.7 Å². The third-order valence-corrected chi connectivity index (χ3v) is 1.39. The summed E-state index contributed by atoms with van der Waals surface area (Å²) in [6, 6.07) is 0. The molecule has 0 spiro atoms. The second kappa shape index (κ2) is 1.53. The Morgan fingerprint density at radius 1 is 2.00 bits per heavy atom. The minimum Gasteiger partial charge on any atom is -0.393 e. The van der Waals surface area contributed by atoms with Crippen LogP contribution in [0.1, 0.15) is 6.92 Å². The number of aliphatic hydroxyl groups is 1. The van der Waals surface area contributed by atoms with Crippen molar-refractivity contribution in [1.29, 1.82) is 0 Å². The SMILES string of the molecule is CC(=O)[C@]1(CO)CO1. The summed E-state index contributed by atoms with van der Waals surface area (Å²) in [6.45, 7) is 1.63. The monoisotopic (exact) mass is 116 g/mol. The van der Waals surface area contributed by atoms with Gasteiger partial charge >= 0.3 is 0 Å². The maximum absolute atomic E-state index is 10.5. The first kappa shape index (κ1) is 5.72. The molecule has 0 amide bonds. The number of ketones is 1. The van der Waals surface area contributed by atoms with Gasteiger partial charge in [0.1, 0.15) is 0 Å². The van der Waals surface area contributed by atoms with Crippen molar-refractivity contribution in [2.75, 3.05) is 13.2 Å². The Kier molecular flexibility index (Phi) is 1.10. The molecule has 1 aliphatic rings. The normalized spacial score (nSPS) is 34.8. The van der Waals surface area contributed by atoms with Gasteiger partial charge in [0.25, 0.3) is 0 Å². The highest BCUT2D eigenvalue weighted by molar-refractivity contribution is 5.87. The van der Waals surface area contributed by atoms with E-state index in [1.807, 2.05) is 0 Å². The van der Waals surface area contributed by atoms with Gasteiger partial charge in [0.15, 0.2) is 11.4 Å². The van der Waals surface area contributed by atoms with E-state index < -0.39 is 5.60 Å². The van der Waals surface area contributed by atoms with Gasteiger partial charge < -0.3 is 9.84 Å². The fourth-order valence-electron chi connectivity index (χ4n) is 0.493. The predicted octanol–water partition coefficient (Wildman–Crippen LogP) is -0.663. The molecule has 0 aromatic rings. The first-order valence-electron chi connectivity index (χ1n) is 2.47. The number of ether oxygens (including phenoxy) is 1. The van der Waals surface area contributed by atoms with Gasteiger partial charge in [-0.05, 0) is 6.92 Å². The number of rotatable bonds is 2. The summed E-state index contributed by atoms with van der Waals surface area (Å²) in [4.78, 5) is 10.5. The molecule has 0 aromatic heterocycles. The van der Waals surface area contributed by atoms with Crippen molar-refractivity contribution in [2.24, 2.45) is 0 Å². The molecule has 1 aliphatic heterocycles. The number of hydrogen-bond donors (Lipinski definition) is 1. The van der Waals surface area contributed by atoms with Gasteiger partial charge in [-0.1, -0.05) is 0 Å². The van der Waals surface area contributed by atoms with E-state index in [0.29, 0.717) is 6.61 Å². The fraction of sp³-hybridized carbons (Fsp3) is 0.800. The quantitative estimate of drug-likeness (QED) is 0.487. The molecule has 8 heavy (non-hydrogen) atoms. The summed E-state index contributed by atoms with van der Waals surface area (Å²) in [6.07, 6.45) is 0. The summed E-state index contributed by atoms with van der Waals surface area (Å²) in [5, 5.41) is 8.48. The minimum absolute atomic E-state index is 0.0833. The highest BCUT2D eigenvalue weighted by Crippen LogP contribution is 2.26. The fourth-order valence-corrected chi connectivity index (χ4v) is 0.493. The molecule has 1 heterocycles. The number of hydrogen-bond acceptors (Lipinski definition) is 3. The number of aliphatic hydroxyl groups excluding tert-OH is 1. The molecular weight excluding hydrogens is 108 g/mol. The van der Waals surface area contributed by atoms with E-state index in [1.54, 1.807) is 0 Å². The van der Waals surface area contributed by atoms with Crippen molar-refractivity contribution in [3.63, 3.8) is 0 Å². The maximum Gasteiger partial charge on any atom is 0.172 e. The van der Waals surface area contributed by atoms with Gasteiger partial charge in [0.2, 0.25) is 0 Å².